The molecule has 0 aliphatic carbocycles. The Bertz CT molecular complexity index is 1080. The average Bonchev–Trinajstić information content (AvgIpc) is 3.25. The van der Waals surface area contributed by atoms with Gasteiger partial charge < -0.3 is 9.97 Å². The summed E-state index contributed by atoms with van der Waals surface area (Å²) in [6, 6.07) is 24.3. The van der Waals surface area contributed by atoms with Crippen LogP contribution in [0.25, 0.3) is 22.1 Å². The average molecular weight is 451 g/mol. The maximum absolute atomic E-state index is 4.77. The van der Waals surface area contributed by atoms with Crippen molar-refractivity contribution in [2.24, 2.45) is 0 Å². The number of H-pyrrole nitrogens is 2. The molecular formula is C20H14IN5. The predicted octanol–water partition coefficient (Wildman–Crippen LogP) is 5.51. The Balaban J connectivity index is 1.74. The van der Waals surface area contributed by atoms with Crippen molar-refractivity contribution in [1.29, 1.82) is 0 Å². The number of nitrogens with zero attached hydrogens (tertiary/aromatic N) is 3. The van der Waals surface area contributed by atoms with Gasteiger partial charge in [0.1, 0.15) is 0 Å². The van der Waals surface area contributed by atoms with Crippen LogP contribution in [0.15, 0.2) is 72.8 Å². The van der Waals surface area contributed by atoms with E-state index in [-0.39, 0.29) is 0 Å². The minimum Gasteiger partial charge on any atom is -0.323 e. The first-order chi connectivity index (χ1) is 12.8. The fraction of sp³-hybridized carbons (Fsp3) is 0. The Labute approximate surface area is 163 Å². The number of nitrogens with one attached hydrogen (secondary N) is 2. The van der Waals surface area contributed by atoms with Gasteiger partial charge >= 0.3 is 0 Å². The van der Waals surface area contributed by atoms with Crippen LogP contribution in [0, 0.1) is 3.57 Å². The molecule has 126 valence electrons. The molecule has 26 heavy (non-hydrogen) atoms. The Morgan fingerprint density at radius 1 is 0.692 bits per heavy atom. The number of rotatable bonds is 3. The molecule has 0 saturated heterocycles. The van der Waals surface area contributed by atoms with E-state index in [1.165, 1.54) is 0 Å². The van der Waals surface area contributed by atoms with E-state index >= 15 is 0 Å². The summed E-state index contributed by atoms with van der Waals surface area (Å²) >= 11 is 2.32. The topological polar surface area (TPSA) is 60.6 Å². The molecule has 6 heteroatoms. The zero-order valence-corrected chi connectivity index (χ0v) is 15.8. The molecule has 0 atom stereocenters. The van der Waals surface area contributed by atoms with Gasteiger partial charge in [0.25, 0.3) is 0 Å². The molecular weight excluding hydrogens is 437 g/mol. The summed E-state index contributed by atoms with van der Waals surface area (Å²) in [7, 11) is 0. The highest BCUT2D eigenvalue weighted by Gasteiger charge is 2.19. The summed E-state index contributed by atoms with van der Waals surface area (Å²) in [6.07, 6.45) is 0. The molecule has 2 heterocycles. The lowest BCUT2D eigenvalue weighted by molar-refractivity contribution is 1.09. The van der Waals surface area contributed by atoms with Gasteiger partial charge in [0.15, 0.2) is 0 Å². The molecule has 0 aliphatic heterocycles. The van der Waals surface area contributed by atoms with Gasteiger partial charge in [0.2, 0.25) is 11.9 Å². The molecule has 0 spiro atoms. The van der Waals surface area contributed by atoms with E-state index in [4.69, 9.17) is 9.97 Å². The fourth-order valence-corrected chi connectivity index (χ4v) is 3.58. The summed E-state index contributed by atoms with van der Waals surface area (Å²) in [5.41, 5.74) is 4.84. The number of benzene rings is 3. The van der Waals surface area contributed by atoms with E-state index in [1.54, 1.807) is 0 Å². The zero-order chi connectivity index (χ0) is 17.5. The molecule has 0 saturated carbocycles. The lowest BCUT2D eigenvalue weighted by Gasteiger charge is -2.19. The van der Waals surface area contributed by atoms with E-state index in [1.807, 2.05) is 59.5 Å². The summed E-state index contributed by atoms with van der Waals surface area (Å²) < 4.78 is 1.15. The molecule has 5 nitrogen and oxygen atoms in total. The molecule has 2 aromatic heterocycles. The third kappa shape index (κ3) is 2.62. The lowest BCUT2D eigenvalue weighted by Crippen LogP contribution is -2.13. The van der Waals surface area contributed by atoms with Crippen molar-refractivity contribution in [3.8, 4) is 0 Å². The number of halogens is 1. The van der Waals surface area contributed by atoms with Gasteiger partial charge in [-0.05, 0) is 65.1 Å². The highest BCUT2D eigenvalue weighted by molar-refractivity contribution is 14.1. The van der Waals surface area contributed by atoms with Crippen molar-refractivity contribution < 1.29 is 0 Å². The number of para-hydroxylation sites is 4. The minimum absolute atomic E-state index is 0.729. The number of hydrogen-bond donors (Lipinski definition) is 2. The molecule has 0 fully saturated rings. The van der Waals surface area contributed by atoms with Crippen LogP contribution in [-0.2, 0) is 0 Å². The van der Waals surface area contributed by atoms with Crippen molar-refractivity contribution in [3.63, 3.8) is 0 Å². The lowest BCUT2D eigenvalue weighted by atomic mass is 10.3. The van der Waals surface area contributed by atoms with Crippen LogP contribution in [0.2, 0.25) is 0 Å². The van der Waals surface area contributed by atoms with Gasteiger partial charge in [0, 0.05) is 3.57 Å². The number of imidazole rings is 2. The Morgan fingerprint density at radius 3 is 1.81 bits per heavy atom. The second-order valence-corrected chi connectivity index (χ2v) is 7.22. The Kier molecular flexibility index (Phi) is 3.63. The third-order valence-electron chi connectivity index (χ3n) is 4.24. The van der Waals surface area contributed by atoms with Gasteiger partial charge in [-0.15, -0.1) is 0 Å². The number of aromatic nitrogens is 4. The van der Waals surface area contributed by atoms with Crippen molar-refractivity contribution in [1.82, 2.24) is 19.9 Å². The highest BCUT2D eigenvalue weighted by Crippen LogP contribution is 2.33. The van der Waals surface area contributed by atoms with Crippen LogP contribution >= 0.6 is 22.6 Å². The highest BCUT2D eigenvalue weighted by atomic mass is 127. The van der Waals surface area contributed by atoms with Crippen molar-refractivity contribution >= 4 is 62.2 Å². The molecule has 0 unspecified atom stereocenters. The monoisotopic (exact) mass is 451 g/mol. The van der Waals surface area contributed by atoms with Gasteiger partial charge in [-0.2, -0.15) is 0 Å². The molecule has 0 bridgehead atoms. The van der Waals surface area contributed by atoms with Crippen LogP contribution in [0.3, 0.4) is 0 Å². The first-order valence-electron chi connectivity index (χ1n) is 8.23. The molecule has 2 N–H and O–H groups in total. The predicted molar refractivity (Wildman–Crippen MR) is 113 cm³/mol. The number of anilines is 3. The summed E-state index contributed by atoms with van der Waals surface area (Å²) in [5, 5.41) is 0. The third-order valence-corrected chi connectivity index (χ3v) is 4.91. The first-order valence-corrected chi connectivity index (χ1v) is 9.31. The van der Waals surface area contributed by atoms with Gasteiger partial charge in [-0.25, -0.2) is 14.9 Å². The molecule has 0 aliphatic rings. The largest absolute Gasteiger partial charge is 0.323 e. The smallest absolute Gasteiger partial charge is 0.215 e. The van der Waals surface area contributed by atoms with E-state index in [9.17, 15) is 0 Å². The summed E-state index contributed by atoms with van der Waals surface area (Å²) in [4.78, 5) is 18.4. The number of aromatic amines is 2. The van der Waals surface area contributed by atoms with E-state index in [0.717, 1.165) is 43.2 Å². The van der Waals surface area contributed by atoms with Gasteiger partial charge in [-0.1, -0.05) is 30.3 Å². The van der Waals surface area contributed by atoms with Crippen molar-refractivity contribution in [2.75, 3.05) is 4.90 Å². The SMILES string of the molecule is Ic1cccc(N(c2nc3ccccc3[nH]2)c2nc3ccccc3[nH]2)c1. The first kappa shape index (κ1) is 15.4. The Morgan fingerprint density at radius 2 is 1.27 bits per heavy atom. The van der Waals surface area contributed by atoms with Crippen LogP contribution < -0.4 is 4.90 Å². The Hall–Kier alpha value is -2.87. The quantitative estimate of drug-likeness (QED) is 0.356. The summed E-state index contributed by atoms with van der Waals surface area (Å²) in [5.74, 6) is 1.46. The fourth-order valence-electron chi connectivity index (χ4n) is 3.05. The van der Waals surface area contributed by atoms with E-state index in [2.05, 4.69) is 50.8 Å². The number of fused-ring (bicyclic) bond motifs is 2. The maximum Gasteiger partial charge on any atom is 0.215 e. The molecule has 0 radical (unpaired) electrons. The van der Waals surface area contributed by atoms with Gasteiger partial charge in [-0.3, -0.25) is 0 Å². The van der Waals surface area contributed by atoms with Crippen molar-refractivity contribution in [2.45, 2.75) is 0 Å². The summed E-state index contributed by atoms with van der Waals surface area (Å²) in [6.45, 7) is 0. The molecule has 0 amide bonds. The molecule has 5 aromatic rings. The normalized spacial score (nSPS) is 11.3. The zero-order valence-electron chi connectivity index (χ0n) is 13.6. The van der Waals surface area contributed by atoms with Gasteiger partial charge in [0.05, 0.1) is 27.8 Å². The molecule has 3 aromatic carbocycles. The van der Waals surface area contributed by atoms with E-state index < -0.39 is 0 Å². The molecule has 5 rings (SSSR count). The minimum atomic E-state index is 0.729. The maximum atomic E-state index is 4.77. The van der Waals surface area contributed by atoms with Crippen molar-refractivity contribution in [3.05, 3.63) is 76.4 Å². The van der Waals surface area contributed by atoms with E-state index in [0.29, 0.717) is 0 Å². The van der Waals surface area contributed by atoms with Crippen LogP contribution in [0.5, 0.6) is 0 Å². The van der Waals surface area contributed by atoms with Crippen LogP contribution in [-0.4, -0.2) is 19.9 Å². The second kappa shape index (κ2) is 6.14. The number of hydrogen-bond acceptors (Lipinski definition) is 3. The second-order valence-electron chi connectivity index (χ2n) is 5.97. The standard InChI is InChI=1S/C20H14IN5/c21-13-6-5-7-14(12-13)26(19-22-15-8-1-2-9-16(15)23-19)20-24-17-10-3-4-11-18(17)25-20/h1-12H,(H,22,23)(H,24,25). The van der Waals surface area contributed by atoms with Crippen LogP contribution in [0.4, 0.5) is 17.6 Å². The van der Waals surface area contributed by atoms with Crippen LogP contribution in [0.1, 0.15) is 0 Å².